The van der Waals surface area contributed by atoms with Gasteiger partial charge in [0.15, 0.2) is 0 Å². The number of nitrogens with two attached hydrogens (primary N) is 1. The lowest BCUT2D eigenvalue weighted by molar-refractivity contribution is 0.544. The summed E-state index contributed by atoms with van der Waals surface area (Å²) in [6.45, 7) is 1.77. The second-order valence-corrected chi connectivity index (χ2v) is 4.30. The molecule has 0 aliphatic carbocycles. The predicted molar refractivity (Wildman–Crippen MR) is 59.2 cm³/mol. The van der Waals surface area contributed by atoms with E-state index < -0.39 is 17.7 Å². The number of thiazole rings is 1. The highest BCUT2D eigenvalue weighted by Gasteiger charge is 2.20. The van der Waals surface area contributed by atoms with Gasteiger partial charge in [-0.2, -0.15) is 0 Å². The number of hydrogen-bond acceptors (Lipinski definition) is 3. The van der Waals surface area contributed by atoms with Crippen LogP contribution in [-0.4, -0.2) is 4.98 Å². The topological polar surface area (TPSA) is 38.9 Å². The van der Waals surface area contributed by atoms with Crippen LogP contribution in [0, 0.1) is 18.6 Å². The molecule has 16 heavy (non-hydrogen) atoms. The summed E-state index contributed by atoms with van der Waals surface area (Å²) in [5.74, 6) is -1.25. The Bertz CT molecular complexity index is 490. The van der Waals surface area contributed by atoms with E-state index >= 15 is 0 Å². The van der Waals surface area contributed by atoms with Crippen molar-refractivity contribution in [2.45, 2.75) is 13.0 Å². The maximum absolute atomic E-state index is 13.5. The predicted octanol–water partition coefficient (Wildman–Crippen LogP) is 2.78. The van der Waals surface area contributed by atoms with Crippen LogP contribution < -0.4 is 5.73 Å². The summed E-state index contributed by atoms with van der Waals surface area (Å²) in [7, 11) is 0. The van der Waals surface area contributed by atoms with Crippen LogP contribution in [0.15, 0.2) is 23.7 Å². The van der Waals surface area contributed by atoms with E-state index in [0.29, 0.717) is 10.6 Å². The van der Waals surface area contributed by atoms with Gasteiger partial charge in [-0.3, -0.25) is 0 Å². The first-order valence-electron chi connectivity index (χ1n) is 4.70. The summed E-state index contributed by atoms with van der Waals surface area (Å²) in [6.07, 6.45) is 0. The third kappa shape index (κ3) is 1.83. The fourth-order valence-electron chi connectivity index (χ4n) is 1.55. The summed E-state index contributed by atoms with van der Waals surface area (Å²) in [5, 5.41) is 0. The SMILES string of the molecule is Cc1ncsc1C(N)c1c(F)cccc1F. The number of halogens is 2. The van der Waals surface area contributed by atoms with E-state index in [0.717, 1.165) is 0 Å². The molecule has 84 valence electrons. The Hall–Kier alpha value is -1.33. The van der Waals surface area contributed by atoms with E-state index in [1.807, 2.05) is 0 Å². The number of benzene rings is 1. The molecule has 2 aromatic rings. The Labute approximate surface area is 95.7 Å². The molecule has 0 spiro atoms. The summed E-state index contributed by atoms with van der Waals surface area (Å²) in [5.41, 5.74) is 8.07. The van der Waals surface area contributed by atoms with Crippen molar-refractivity contribution in [1.82, 2.24) is 4.98 Å². The van der Waals surface area contributed by atoms with Crippen molar-refractivity contribution in [3.63, 3.8) is 0 Å². The number of rotatable bonds is 2. The van der Waals surface area contributed by atoms with E-state index in [4.69, 9.17) is 5.73 Å². The zero-order valence-corrected chi connectivity index (χ0v) is 9.39. The first-order chi connectivity index (χ1) is 7.61. The van der Waals surface area contributed by atoms with Crippen LogP contribution in [-0.2, 0) is 0 Å². The van der Waals surface area contributed by atoms with Crippen LogP contribution in [0.3, 0.4) is 0 Å². The smallest absolute Gasteiger partial charge is 0.131 e. The zero-order chi connectivity index (χ0) is 11.7. The molecule has 0 amide bonds. The summed E-state index contributed by atoms with van der Waals surface area (Å²) in [6, 6.07) is 2.93. The van der Waals surface area contributed by atoms with Gasteiger partial charge in [-0.1, -0.05) is 6.07 Å². The molecule has 5 heteroatoms. The molecule has 0 saturated heterocycles. The monoisotopic (exact) mass is 240 g/mol. The van der Waals surface area contributed by atoms with Crippen LogP contribution in [0.4, 0.5) is 8.78 Å². The van der Waals surface area contributed by atoms with Gasteiger partial charge in [0.25, 0.3) is 0 Å². The average Bonchev–Trinajstić information content (AvgIpc) is 2.64. The normalized spacial score (nSPS) is 12.8. The fraction of sp³-hybridized carbons (Fsp3) is 0.182. The maximum Gasteiger partial charge on any atom is 0.131 e. The average molecular weight is 240 g/mol. The van der Waals surface area contributed by atoms with Gasteiger partial charge >= 0.3 is 0 Å². The van der Waals surface area contributed by atoms with Gasteiger partial charge in [-0.15, -0.1) is 11.3 Å². The number of hydrogen-bond donors (Lipinski definition) is 1. The van der Waals surface area contributed by atoms with Crippen molar-refractivity contribution in [2.75, 3.05) is 0 Å². The minimum atomic E-state index is -0.798. The lowest BCUT2D eigenvalue weighted by atomic mass is 10.0. The van der Waals surface area contributed by atoms with Crippen molar-refractivity contribution in [3.8, 4) is 0 Å². The van der Waals surface area contributed by atoms with Crippen LogP contribution in [0.1, 0.15) is 22.2 Å². The van der Waals surface area contributed by atoms with Crippen LogP contribution in [0.5, 0.6) is 0 Å². The van der Waals surface area contributed by atoms with Gasteiger partial charge < -0.3 is 5.73 Å². The lowest BCUT2D eigenvalue weighted by Crippen LogP contribution is -2.15. The summed E-state index contributed by atoms with van der Waals surface area (Å²) < 4.78 is 27.0. The number of nitrogens with zero attached hydrogens (tertiary/aromatic N) is 1. The molecular weight excluding hydrogens is 230 g/mol. The molecule has 1 aromatic carbocycles. The molecule has 0 fully saturated rings. The summed E-state index contributed by atoms with van der Waals surface area (Å²) in [4.78, 5) is 4.70. The molecule has 0 radical (unpaired) electrons. The quantitative estimate of drug-likeness (QED) is 0.876. The van der Waals surface area contributed by atoms with Crippen LogP contribution >= 0.6 is 11.3 Å². The molecule has 2 N–H and O–H groups in total. The van der Waals surface area contributed by atoms with Crippen LogP contribution in [0.2, 0.25) is 0 Å². The van der Waals surface area contributed by atoms with Gasteiger partial charge in [0.05, 0.1) is 17.2 Å². The Kier molecular flexibility index (Phi) is 2.98. The van der Waals surface area contributed by atoms with Crippen molar-refractivity contribution in [1.29, 1.82) is 0 Å². The van der Waals surface area contributed by atoms with Gasteiger partial charge in [0.2, 0.25) is 0 Å². The minimum Gasteiger partial charge on any atom is -0.319 e. The van der Waals surface area contributed by atoms with Gasteiger partial charge in [0, 0.05) is 10.4 Å². The second-order valence-electron chi connectivity index (χ2n) is 3.42. The van der Waals surface area contributed by atoms with Crippen molar-refractivity contribution < 1.29 is 8.78 Å². The molecule has 1 heterocycles. The first kappa shape index (κ1) is 11.2. The van der Waals surface area contributed by atoms with E-state index in [9.17, 15) is 8.78 Å². The first-order valence-corrected chi connectivity index (χ1v) is 5.58. The van der Waals surface area contributed by atoms with E-state index in [1.54, 1.807) is 12.4 Å². The number of aromatic nitrogens is 1. The van der Waals surface area contributed by atoms with E-state index in [-0.39, 0.29) is 5.56 Å². The minimum absolute atomic E-state index is 0.102. The molecule has 0 aliphatic heterocycles. The van der Waals surface area contributed by atoms with Crippen molar-refractivity contribution in [2.24, 2.45) is 5.73 Å². The van der Waals surface area contributed by atoms with Gasteiger partial charge in [0.1, 0.15) is 11.6 Å². The zero-order valence-electron chi connectivity index (χ0n) is 8.58. The molecule has 1 atom stereocenters. The third-order valence-electron chi connectivity index (χ3n) is 2.38. The Balaban J connectivity index is 2.49. The largest absolute Gasteiger partial charge is 0.319 e. The standard InChI is InChI=1S/C11H10F2N2S/c1-6-11(16-5-15-6)10(14)9-7(12)3-2-4-8(9)13/h2-5,10H,14H2,1H3. The maximum atomic E-state index is 13.5. The molecular formula is C11H10F2N2S. The molecule has 2 nitrogen and oxygen atoms in total. The molecule has 0 saturated carbocycles. The van der Waals surface area contributed by atoms with Crippen LogP contribution in [0.25, 0.3) is 0 Å². The highest BCUT2D eigenvalue weighted by molar-refractivity contribution is 7.09. The molecule has 2 rings (SSSR count). The van der Waals surface area contributed by atoms with Crippen molar-refractivity contribution >= 4 is 11.3 Å². The molecule has 1 aromatic heterocycles. The third-order valence-corrected chi connectivity index (χ3v) is 3.39. The molecule has 0 aliphatic rings. The lowest BCUT2D eigenvalue weighted by Gasteiger charge is -2.12. The Morgan fingerprint density at radius 2 is 1.94 bits per heavy atom. The van der Waals surface area contributed by atoms with E-state index in [1.165, 1.54) is 29.5 Å². The van der Waals surface area contributed by atoms with E-state index in [2.05, 4.69) is 4.98 Å². The molecule has 1 unspecified atom stereocenters. The molecule has 0 bridgehead atoms. The Morgan fingerprint density at radius 3 is 2.44 bits per heavy atom. The summed E-state index contributed by atoms with van der Waals surface area (Å²) >= 11 is 1.30. The van der Waals surface area contributed by atoms with Gasteiger partial charge in [-0.25, -0.2) is 13.8 Å². The highest BCUT2D eigenvalue weighted by atomic mass is 32.1. The number of aryl methyl sites for hydroxylation is 1. The van der Waals surface area contributed by atoms with Gasteiger partial charge in [-0.05, 0) is 19.1 Å². The second kappa shape index (κ2) is 4.27. The Morgan fingerprint density at radius 1 is 1.31 bits per heavy atom. The highest BCUT2D eigenvalue weighted by Crippen LogP contribution is 2.29. The fourth-order valence-corrected chi connectivity index (χ4v) is 2.36. The van der Waals surface area contributed by atoms with Crippen molar-refractivity contribution in [3.05, 3.63) is 51.5 Å².